The molecule has 0 aromatic heterocycles. The third kappa shape index (κ3) is 4.36. The van der Waals surface area contributed by atoms with Crippen molar-refractivity contribution in [3.63, 3.8) is 0 Å². The number of anilines is 1. The fourth-order valence-corrected chi connectivity index (χ4v) is 9.05. The van der Waals surface area contributed by atoms with Crippen LogP contribution in [-0.4, -0.2) is 81.5 Å². The van der Waals surface area contributed by atoms with Crippen molar-refractivity contribution < 1.29 is 19.5 Å². The van der Waals surface area contributed by atoms with Gasteiger partial charge in [-0.3, -0.25) is 14.4 Å². The Bertz CT molecular complexity index is 1370. The molecule has 4 aliphatic rings. The second-order valence-electron chi connectivity index (χ2n) is 11.3. The zero-order valence-electron chi connectivity index (χ0n) is 22.9. The molecule has 3 amide bonds. The second kappa shape index (κ2) is 11.1. The molecular weight excluding hydrogens is 522 g/mol. The minimum Gasteiger partial charge on any atom is -0.396 e. The molecule has 4 aliphatic heterocycles. The summed E-state index contributed by atoms with van der Waals surface area (Å²) in [5.74, 6) is -1.23. The van der Waals surface area contributed by atoms with Gasteiger partial charge in [0.15, 0.2) is 0 Å². The number of rotatable bonds is 8. The van der Waals surface area contributed by atoms with Gasteiger partial charge in [-0.1, -0.05) is 61.6 Å². The minimum absolute atomic E-state index is 0.0249. The Morgan fingerprint density at radius 1 is 0.925 bits per heavy atom. The lowest BCUT2D eigenvalue weighted by atomic mass is 9.78. The lowest BCUT2D eigenvalue weighted by molar-refractivity contribution is -0.142. The highest BCUT2D eigenvalue weighted by Gasteiger charge is 2.70. The number of hydrogen-bond acceptors (Lipinski definition) is 5. The summed E-state index contributed by atoms with van der Waals surface area (Å²) in [5, 5.41) is 11.3. The molecule has 1 spiro atoms. The van der Waals surface area contributed by atoms with Crippen LogP contribution in [0.3, 0.4) is 0 Å². The van der Waals surface area contributed by atoms with Gasteiger partial charge in [0.2, 0.25) is 11.8 Å². The molecule has 8 heteroatoms. The van der Waals surface area contributed by atoms with Gasteiger partial charge in [-0.15, -0.1) is 11.8 Å². The first-order chi connectivity index (χ1) is 19.5. The number of aliphatic hydroxyl groups excluding tert-OH is 1. The highest BCUT2D eigenvalue weighted by atomic mass is 32.2. The summed E-state index contributed by atoms with van der Waals surface area (Å²) in [6.07, 6.45) is 11.2. The van der Waals surface area contributed by atoms with Crippen LogP contribution in [0.15, 0.2) is 66.8 Å². The molecule has 5 atom stereocenters. The normalized spacial score (nSPS) is 29.6. The average molecular weight is 560 g/mol. The number of amides is 3. The van der Waals surface area contributed by atoms with E-state index in [-0.39, 0.29) is 29.6 Å². The smallest absolute Gasteiger partial charge is 0.251 e. The zero-order chi connectivity index (χ0) is 27.9. The zero-order valence-corrected chi connectivity index (χ0v) is 23.8. The SMILES string of the molecule is CCCN1CC=C[C@@H]2S[C@]34C=CCN(c5ccc6ccccc6c5)C(=O)C3N(CCCCCO)C(=O)[C@@H]4[C@@H]2C1=O. The Balaban J connectivity index is 1.41. The molecule has 0 bridgehead atoms. The molecule has 40 heavy (non-hydrogen) atoms. The number of likely N-dealkylation sites (tertiary alicyclic amines) is 1. The van der Waals surface area contributed by atoms with Gasteiger partial charge in [-0.25, -0.2) is 0 Å². The highest BCUT2D eigenvalue weighted by Crippen LogP contribution is 2.61. The summed E-state index contributed by atoms with van der Waals surface area (Å²) < 4.78 is -0.804. The van der Waals surface area contributed by atoms with Gasteiger partial charge < -0.3 is 19.8 Å². The Hall–Kier alpha value is -3.10. The molecule has 1 N–H and O–H groups in total. The van der Waals surface area contributed by atoms with Gasteiger partial charge >= 0.3 is 0 Å². The first kappa shape index (κ1) is 27.1. The van der Waals surface area contributed by atoms with E-state index in [2.05, 4.69) is 31.2 Å². The van der Waals surface area contributed by atoms with Crippen LogP contribution < -0.4 is 4.90 Å². The van der Waals surface area contributed by atoms with E-state index in [0.717, 1.165) is 29.3 Å². The average Bonchev–Trinajstić information content (AvgIpc) is 3.27. The lowest BCUT2D eigenvalue weighted by Crippen LogP contribution is -2.53. The largest absolute Gasteiger partial charge is 0.396 e. The van der Waals surface area contributed by atoms with E-state index in [4.69, 9.17) is 0 Å². The quantitative estimate of drug-likeness (QED) is 0.391. The number of nitrogens with zero attached hydrogens (tertiary/aromatic N) is 3. The molecule has 6 rings (SSSR count). The number of aliphatic hydroxyl groups is 1. The monoisotopic (exact) mass is 559 g/mol. The molecule has 0 radical (unpaired) electrons. The summed E-state index contributed by atoms with van der Waals surface area (Å²) in [5.41, 5.74) is 0.809. The van der Waals surface area contributed by atoms with E-state index in [1.54, 1.807) is 21.6 Å². The van der Waals surface area contributed by atoms with Crippen LogP contribution in [-0.2, 0) is 14.4 Å². The van der Waals surface area contributed by atoms with Crippen molar-refractivity contribution in [3.8, 4) is 0 Å². The number of fused-ring (bicyclic) bond motifs is 3. The fraction of sp³-hybridized carbons (Fsp3) is 0.469. The molecule has 0 saturated carbocycles. The van der Waals surface area contributed by atoms with Gasteiger partial charge in [0.05, 0.1) is 16.6 Å². The molecule has 0 aliphatic carbocycles. The summed E-state index contributed by atoms with van der Waals surface area (Å²) in [7, 11) is 0. The molecule has 2 saturated heterocycles. The number of thioether (sulfide) groups is 1. The van der Waals surface area contributed by atoms with Crippen molar-refractivity contribution >= 4 is 45.9 Å². The Labute approximate surface area is 239 Å². The maximum absolute atomic E-state index is 14.6. The molecular formula is C32H37N3O4S. The lowest BCUT2D eigenvalue weighted by Gasteiger charge is -2.35. The molecule has 1 unspecified atom stereocenters. The predicted octanol–water partition coefficient (Wildman–Crippen LogP) is 4.01. The van der Waals surface area contributed by atoms with E-state index in [9.17, 15) is 19.5 Å². The number of unbranched alkanes of at least 4 members (excludes halogenated alkanes) is 2. The van der Waals surface area contributed by atoms with Gasteiger partial charge in [0.1, 0.15) is 6.04 Å². The van der Waals surface area contributed by atoms with Gasteiger partial charge in [-0.2, -0.15) is 0 Å². The van der Waals surface area contributed by atoms with E-state index in [1.165, 1.54) is 0 Å². The van der Waals surface area contributed by atoms with Gasteiger partial charge in [-0.05, 0) is 48.6 Å². The van der Waals surface area contributed by atoms with Crippen LogP contribution in [0.1, 0.15) is 32.6 Å². The minimum atomic E-state index is -0.804. The van der Waals surface area contributed by atoms with E-state index >= 15 is 0 Å². The standard InChI is InChI=1S/C32H37N3O4S/c1-2-16-33-17-8-12-25-26(29(33)37)27-30(38)35(18-6-3-7-20-36)28-31(39)34(19-9-15-32(27,28)40-25)24-14-13-22-10-4-5-11-23(22)21-24/h4-5,8-15,21,25-28,36H,2-3,6-7,16-20H2,1H3/t25-,26+,27-,28?,32-/m0/s1. The molecule has 210 valence electrons. The van der Waals surface area contributed by atoms with Crippen molar-refractivity contribution in [3.05, 3.63) is 66.8 Å². The fourth-order valence-electron chi connectivity index (χ4n) is 7.05. The second-order valence-corrected chi connectivity index (χ2v) is 12.7. The van der Waals surface area contributed by atoms with Crippen LogP contribution >= 0.6 is 11.8 Å². The highest BCUT2D eigenvalue weighted by molar-refractivity contribution is 8.02. The maximum Gasteiger partial charge on any atom is 0.251 e. The van der Waals surface area contributed by atoms with Gasteiger partial charge in [0, 0.05) is 43.7 Å². The van der Waals surface area contributed by atoms with E-state index in [1.807, 2.05) is 47.4 Å². The first-order valence-electron chi connectivity index (χ1n) is 14.5. The third-order valence-electron chi connectivity index (χ3n) is 8.84. The Kier molecular flexibility index (Phi) is 7.48. The topological polar surface area (TPSA) is 81.2 Å². The number of benzene rings is 2. The van der Waals surface area contributed by atoms with Crippen molar-refractivity contribution in [2.24, 2.45) is 11.8 Å². The first-order valence-corrected chi connectivity index (χ1v) is 15.4. The Morgan fingerprint density at radius 2 is 1.75 bits per heavy atom. The summed E-state index contributed by atoms with van der Waals surface area (Å²) in [4.78, 5) is 48.3. The van der Waals surface area contributed by atoms with Crippen LogP contribution in [0.2, 0.25) is 0 Å². The summed E-state index contributed by atoms with van der Waals surface area (Å²) in [6.45, 7) is 4.23. The van der Waals surface area contributed by atoms with Crippen molar-refractivity contribution in [1.29, 1.82) is 0 Å². The molecule has 7 nitrogen and oxygen atoms in total. The molecule has 2 aromatic rings. The Morgan fingerprint density at radius 3 is 2.55 bits per heavy atom. The van der Waals surface area contributed by atoms with Crippen molar-refractivity contribution in [2.75, 3.05) is 37.7 Å². The number of carbonyl (C=O) groups is 3. The molecule has 2 fully saturated rings. The van der Waals surface area contributed by atoms with Crippen LogP contribution in [0, 0.1) is 11.8 Å². The van der Waals surface area contributed by atoms with Gasteiger partial charge in [0.25, 0.3) is 5.91 Å². The van der Waals surface area contributed by atoms with Crippen molar-refractivity contribution in [1.82, 2.24) is 9.80 Å². The predicted molar refractivity (Wildman–Crippen MR) is 159 cm³/mol. The van der Waals surface area contributed by atoms with E-state index < -0.39 is 22.6 Å². The third-order valence-corrected chi connectivity index (χ3v) is 10.6. The van der Waals surface area contributed by atoms with Crippen molar-refractivity contribution in [2.45, 2.75) is 48.6 Å². The van der Waals surface area contributed by atoms with Crippen LogP contribution in [0.5, 0.6) is 0 Å². The number of carbonyl (C=O) groups excluding carboxylic acids is 3. The maximum atomic E-state index is 14.6. The summed E-state index contributed by atoms with van der Waals surface area (Å²) in [6, 6.07) is 13.5. The van der Waals surface area contributed by atoms with E-state index in [0.29, 0.717) is 39.0 Å². The number of hydrogen-bond donors (Lipinski definition) is 1. The molecule has 2 aromatic carbocycles. The van der Waals surface area contributed by atoms with Crippen LogP contribution in [0.25, 0.3) is 10.8 Å². The molecule has 4 heterocycles. The van der Waals surface area contributed by atoms with Crippen LogP contribution in [0.4, 0.5) is 5.69 Å². The summed E-state index contributed by atoms with van der Waals surface area (Å²) >= 11 is 1.63.